The Kier molecular flexibility index (Phi) is 8.47. The van der Waals surface area contributed by atoms with Gasteiger partial charge in [-0.2, -0.15) is 10.5 Å². The molecule has 0 aliphatic heterocycles. The van der Waals surface area contributed by atoms with Crippen LogP contribution in [-0.2, 0) is 5.41 Å². The maximum absolute atomic E-state index is 11.2. The molecule has 0 saturated carbocycles. The summed E-state index contributed by atoms with van der Waals surface area (Å²) in [5.74, 6) is 0. The maximum Gasteiger partial charge on any atom is 0.101 e. The van der Waals surface area contributed by atoms with Crippen LogP contribution in [-0.4, -0.2) is 15.2 Å². The average molecular weight is 798 g/mol. The molecular formula is C57H43N5. The number of rotatable bonds is 7. The van der Waals surface area contributed by atoms with Crippen LogP contribution in [0.2, 0.25) is 0 Å². The first-order chi connectivity index (χ1) is 30.4. The molecular weight excluding hydrogens is 755 g/mol. The second-order valence-corrected chi connectivity index (χ2v) is 16.9. The van der Waals surface area contributed by atoms with E-state index in [9.17, 15) is 10.5 Å². The van der Waals surface area contributed by atoms with E-state index in [4.69, 9.17) is 0 Å². The molecule has 1 atom stereocenters. The SMILES string of the molecule is C/C=C\C(CC)N(c1ccccc1)c1ccc2c(c1)c1c3ccccc3ccc1n2-c1cc(C#N)c(-n2c3ccccc3c3c4c(ccc32)C(C)(C)c2ccccc2-4)cc1C#N. The second-order valence-electron chi connectivity index (χ2n) is 16.9. The first-order valence-corrected chi connectivity index (χ1v) is 21.5. The van der Waals surface area contributed by atoms with E-state index >= 15 is 0 Å². The van der Waals surface area contributed by atoms with Crippen LogP contribution in [0.15, 0.2) is 170 Å². The number of hydrogen-bond acceptors (Lipinski definition) is 3. The predicted molar refractivity (Wildman–Crippen MR) is 257 cm³/mol. The molecule has 0 spiro atoms. The molecule has 1 aliphatic rings. The fourth-order valence-corrected chi connectivity index (χ4v) is 10.6. The topological polar surface area (TPSA) is 60.7 Å². The van der Waals surface area contributed by atoms with Gasteiger partial charge >= 0.3 is 0 Å². The first kappa shape index (κ1) is 37.2. The highest BCUT2D eigenvalue weighted by Crippen LogP contribution is 2.53. The minimum absolute atomic E-state index is 0.143. The van der Waals surface area contributed by atoms with E-state index in [2.05, 4.69) is 212 Å². The van der Waals surface area contributed by atoms with Crippen molar-refractivity contribution < 1.29 is 0 Å². The lowest BCUT2D eigenvalue weighted by Gasteiger charge is -2.32. The van der Waals surface area contributed by atoms with Gasteiger partial charge < -0.3 is 14.0 Å². The van der Waals surface area contributed by atoms with Gasteiger partial charge in [0.05, 0.1) is 50.6 Å². The number of aromatic nitrogens is 2. The van der Waals surface area contributed by atoms with Crippen LogP contribution in [0.5, 0.6) is 0 Å². The summed E-state index contributed by atoms with van der Waals surface area (Å²) in [4.78, 5) is 2.41. The number of hydrogen-bond donors (Lipinski definition) is 0. The van der Waals surface area contributed by atoms with Gasteiger partial charge in [0.15, 0.2) is 0 Å². The van der Waals surface area contributed by atoms with Crippen molar-refractivity contribution in [3.8, 4) is 34.6 Å². The normalized spacial score (nSPS) is 13.5. The van der Waals surface area contributed by atoms with Crippen LogP contribution >= 0.6 is 0 Å². The van der Waals surface area contributed by atoms with Gasteiger partial charge in [-0.3, -0.25) is 0 Å². The van der Waals surface area contributed by atoms with Gasteiger partial charge in [0.2, 0.25) is 0 Å². The van der Waals surface area contributed by atoms with E-state index in [-0.39, 0.29) is 11.5 Å². The molecule has 5 heteroatoms. The van der Waals surface area contributed by atoms with E-state index in [0.29, 0.717) is 22.5 Å². The van der Waals surface area contributed by atoms with Crippen LogP contribution in [0.1, 0.15) is 56.4 Å². The molecule has 0 N–H and O–H groups in total. The Morgan fingerprint density at radius 3 is 1.92 bits per heavy atom. The Labute approximate surface area is 361 Å². The van der Waals surface area contributed by atoms with Gasteiger partial charge in [-0.05, 0) is 107 Å². The minimum atomic E-state index is -0.157. The Balaban J connectivity index is 1.18. The lowest BCUT2D eigenvalue weighted by atomic mass is 9.82. The van der Waals surface area contributed by atoms with Crippen molar-refractivity contribution >= 4 is 65.8 Å². The molecule has 0 amide bonds. The van der Waals surface area contributed by atoms with Crippen LogP contribution in [0, 0.1) is 22.7 Å². The monoisotopic (exact) mass is 797 g/mol. The zero-order valence-electron chi connectivity index (χ0n) is 35.2. The lowest BCUT2D eigenvalue weighted by molar-refractivity contribution is 0.661. The van der Waals surface area contributed by atoms with Crippen molar-refractivity contribution in [3.05, 3.63) is 192 Å². The zero-order chi connectivity index (χ0) is 42.3. The quantitative estimate of drug-likeness (QED) is 0.151. The molecule has 296 valence electrons. The van der Waals surface area contributed by atoms with Gasteiger partial charge in [-0.25, -0.2) is 0 Å². The van der Waals surface area contributed by atoms with Crippen LogP contribution in [0.4, 0.5) is 11.4 Å². The molecule has 5 nitrogen and oxygen atoms in total. The number of benzene rings is 8. The number of para-hydroxylation sites is 2. The van der Waals surface area contributed by atoms with Gasteiger partial charge in [0.25, 0.3) is 0 Å². The van der Waals surface area contributed by atoms with E-state index in [1.165, 1.54) is 22.3 Å². The second kappa shape index (κ2) is 14.1. The van der Waals surface area contributed by atoms with Crippen LogP contribution < -0.4 is 4.90 Å². The number of fused-ring (bicyclic) bond motifs is 12. The fraction of sp³-hybridized carbons (Fsp3) is 0.123. The summed E-state index contributed by atoms with van der Waals surface area (Å²) in [5.41, 5.74) is 13.4. The van der Waals surface area contributed by atoms with Crippen LogP contribution in [0.3, 0.4) is 0 Å². The highest BCUT2D eigenvalue weighted by molar-refractivity contribution is 6.22. The van der Waals surface area contributed by atoms with E-state index in [0.717, 1.165) is 72.2 Å². The van der Waals surface area contributed by atoms with Crippen molar-refractivity contribution in [2.24, 2.45) is 0 Å². The summed E-state index contributed by atoms with van der Waals surface area (Å²) in [7, 11) is 0. The Bertz CT molecular complexity index is 3590. The Morgan fingerprint density at radius 2 is 1.19 bits per heavy atom. The van der Waals surface area contributed by atoms with E-state index < -0.39 is 0 Å². The fourth-order valence-electron chi connectivity index (χ4n) is 10.6. The molecule has 1 aliphatic carbocycles. The Hall–Kier alpha value is -7.86. The molecule has 8 aromatic carbocycles. The third-order valence-electron chi connectivity index (χ3n) is 13.3. The molecule has 62 heavy (non-hydrogen) atoms. The predicted octanol–water partition coefficient (Wildman–Crippen LogP) is 14.6. The highest BCUT2D eigenvalue weighted by atomic mass is 15.2. The number of nitrogens with zero attached hydrogens (tertiary/aromatic N) is 5. The smallest absolute Gasteiger partial charge is 0.101 e. The molecule has 0 radical (unpaired) electrons. The van der Waals surface area contributed by atoms with Crippen molar-refractivity contribution in [1.29, 1.82) is 10.5 Å². The van der Waals surface area contributed by atoms with E-state index in [1.807, 2.05) is 12.1 Å². The summed E-state index contributed by atoms with van der Waals surface area (Å²) in [5, 5.41) is 29.0. The average Bonchev–Trinajstić information content (AvgIpc) is 3.91. The van der Waals surface area contributed by atoms with Crippen molar-refractivity contribution in [1.82, 2.24) is 9.13 Å². The molecule has 10 aromatic rings. The standard InChI is InChI=1S/C57H43N5/c1-5-16-39(6-2)60(40-18-8-7-9-19-40)41-26-29-49-45(33-41)54-42-20-11-10-17-36(42)25-28-50(54)62(49)53-32-37(34-58)52(31-38(53)35-59)61-48-24-15-13-22-44(48)56-51(61)30-27-47-55(56)43-21-12-14-23-46(43)57(47,3)4/h5,7-33,39H,6H2,1-4H3/b16-5-. The van der Waals surface area contributed by atoms with Crippen molar-refractivity contribution in [2.75, 3.05) is 4.90 Å². The summed E-state index contributed by atoms with van der Waals surface area (Å²) in [6.45, 7) is 8.91. The number of nitriles is 2. The maximum atomic E-state index is 11.2. The summed E-state index contributed by atoms with van der Waals surface area (Å²) >= 11 is 0. The zero-order valence-corrected chi connectivity index (χ0v) is 35.2. The molecule has 2 heterocycles. The number of allylic oxidation sites excluding steroid dienone is 1. The minimum Gasteiger partial charge on any atom is -0.335 e. The molecule has 0 saturated heterocycles. The summed E-state index contributed by atoms with van der Waals surface area (Å²) in [6.07, 6.45) is 5.33. The number of anilines is 2. The first-order valence-electron chi connectivity index (χ1n) is 21.5. The molecule has 2 aromatic heterocycles. The molecule has 0 bridgehead atoms. The Morgan fingerprint density at radius 1 is 0.581 bits per heavy atom. The molecule has 11 rings (SSSR count). The summed E-state index contributed by atoms with van der Waals surface area (Å²) in [6, 6.07) is 60.9. The molecule has 0 fully saturated rings. The lowest BCUT2D eigenvalue weighted by Crippen LogP contribution is -2.28. The van der Waals surface area contributed by atoms with Crippen molar-refractivity contribution in [2.45, 2.75) is 45.6 Å². The summed E-state index contributed by atoms with van der Waals surface area (Å²) < 4.78 is 4.39. The highest BCUT2D eigenvalue weighted by Gasteiger charge is 2.37. The van der Waals surface area contributed by atoms with Crippen molar-refractivity contribution in [3.63, 3.8) is 0 Å². The largest absolute Gasteiger partial charge is 0.335 e. The molecule has 1 unspecified atom stereocenters. The van der Waals surface area contributed by atoms with Gasteiger partial charge in [-0.15, -0.1) is 0 Å². The third-order valence-corrected chi connectivity index (χ3v) is 13.3. The van der Waals surface area contributed by atoms with Gasteiger partial charge in [-0.1, -0.05) is 130 Å². The van der Waals surface area contributed by atoms with Crippen LogP contribution in [0.25, 0.3) is 76.9 Å². The van der Waals surface area contributed by atoms with Gasteiger partial charge in [0, 0.05) is 38.3 Å². The third kappa shape index (κ3) is 5.25. The van der Waals surface area contributed by atoms with E-state index in [1.54, 1.807) is 0 Å². The van der Waals surface area contributed by atoms with Gasteiger partial charge in [0.1, 0.15) is 12.1 Å².